The molecule has 2 aliphatic rings. The minimum Gasteiger partial charge on any atom is -0.475 e. The van der Waals surface area contributed by atoms with E-state index >= 15 is 0 Å². The zero-order valence-electron chi connectivity index (χ0n) is 38.0. The summed E-state index contributed by atoms with van der Waals surface area (Å²) in [6.45, 7) is 7.80. The number of benzene rings is 2. The molecule has 0 radical (unpaired) electrons. The molecule has 20 heteroatoms. The van der Waals surface area contributed by atoms with E-state index in [9.17, 15) is 32.3 Å². The Morgan fingerprint density at radius 3 is 2.02 bits per heavy atom. The van der Waals surface area contributed by atoms with Crippen LogP contribution in [0.5, 0.6) is 0 Å². The molecule has 2 heterocycles. The van der Waals surface area contributed by atoms with Gasteiger partial charge in [-0.1, -0.05) is 30.3 Å². The van der Waals surface area contributed by atoms with Crippen molar-refractivity contribution in [2.45, 2.75) is 115 Å². The van der Waals surface area contributed by atoms with Crippen LogP contribution in [0.1, 0.15) is 93.9 Å². The Morgan fingerprint density at radius 2 is 1.48 bits per heavy atom. The number of carboxylic acid groups (broad SMARTS) is 1. The Kier molecular flexibility index (Phi) is 17.1. The summed E-state index contributed by atoms with van der Waals surface area (Å²) in [4.78, 5) is 70.8. The zero-order valence-corrected chi connectivity index (χ0v) is 38.0. The zero-order chi connectivity index (χ0) is 48.3. The summed E-state index contributed by atoms with van der Waals surface area (Å²) in [5, 5.41) is 27.3. The van der Waals surface area contributed by atoms with Gasteiger partial charge in [0.2, 0.25) is 11.7 Å². The number of alkyl carbamates (subject to hydrolysis) is 1. The molecular formula is C46H59F3N10O7. The number of aryl methyl sites for hydroxylation is 1. The Morgan fingerprint density at radius 1 is 0.879 bits per heavy atom. The van der Waals surface area contributed by atoms with Crippen molar-refractivity contribution in [3.05, 3.63) is 77.6 Å². The molecule has 2 fully saturated rings. The van der Waals surface area contributed by atoms with E-state index in [1.165, 1.54) is 4.90 Å². The van der Waals surface area contributed by atoms with Crippen molar-refractivity contribution in [2.75, 3.05) is 25.5 Å². The molecule has 17 nitrogen and oxygen atoms in total. The lowest BCUT2D eigenvalue weighted by molar-refractivity contribution is -0.192. The third kappa shape index (κ3) is 14.4. The van der Waals surface area contributed by atoms with Gasteiger partial charge in [-0.05, 0) is 152 Å². The number of carboxylic acids is 1. The molecule has 2 saturated carbocycles. The third-order valence-corrected chi connectivity index (χ3v) is 11.7. The maximum absolute atomic E-state index is 14.3. The van der Waals surface area contributed by atoms with Gasteiger partial charge in [-0.15, -0.1) is 10.2 Å². The lowest BCUT2D eigenvalue weighted by Crippen LogP contribution is -2.50. The van der Waals surface area contributed by atoms with Crippen molar-refractivity contribution < 1.29 is 47.0 Å². The topological polar surface area (TPSA) is 239 Å². The van der Waals surface area contributed by atoms with Gasteiger partial charge < -0.3 is 31.1 Å². The molecule has 0 spiro atoms. The van der Waals surface area contributed by atoms with Crippen molar-refractivity contribution in [3.8, 4) is 22.5 Å². The van der Waals surface area contributed by atoms with E-state index < -0.39 is 41.7 Å². The highest BCUT2D eigenvalue weighted by Gasteiger charge is 2.38. The number of carbonyl (C=O) groups is 5. The largest absolute Gasteiger partial charge is 0.490 e. The summed E-state index contributed by atoms with van der Waals surface area (Å²) in [5.41, 5.74) is 10.9. The van der Waals surface area contributed by atoms with E-state index in [2.05, 4.69) is 55.2 Å². The number of ether oxygens (including phenoxy) is 1. The van der Waals surface area contributed by atoms with Crippen molar-refractivity contribution in [2.24, 2.45) is 17.6 Å². The fourth-order valence-electron chi connectivity index (χ4n) is 8.06. The van der Waals surface area contributed by atoms with E-state index in [1.54, 1.807) is 30.3 Å². The highest BCUT2D eigenvalue weighted by Crippen LogP contribution is 2.33. The van der Waals surface area contributed by atoms with Crippen LogP contribution in [0.15, 0.2) is 60.7 Å². The number of aromatic nitrogens is 5. The number of nitrogens with two attached hydrogens (primary N) is 1. The molecule has 1 atom stereocenters. The Bertz CT molecular complexity index is 2270. The first-order valence-corrected chi connectivity index (χ1v) is 21.9. The van der Waals surface area contributed by atoms with E-state index in [0.717, 1.165) is 48.1 Å². The van der Waals surface area contributed by atoms with Gasteiger partial charge in [0.25, 0.3) is 11.8 Å². The number of aromatic amines is 1. The number of pyridine rings is 1. The highest BCUT2D eigenvalue weighted by molar-refractivity contribution is 6.17. The fourth-order valence-corrected chi connectivity index (χ4v) is 8.06. The standard InChI is InChI=1S/C44H58N10O5.C2HF3O2/c1-27-36(23-24-38(47-27)40(55)48-33-17-21-34(22-18-33)53(5)6)30-11-7-28(8-12-30)25-37(45)42(57)54(35-19-15-31(16-20-35)39-49-51-52-50-39)41(56)32-13-9-29(10-14-32)26-46-43(58)59-44(2,3)4;3-2(4,5)1(6)7/h7-8,11-12,15-16,19-20,23-24,29,32-34,37H,9-10,13-14,17-18,21-22,25-26,45H2,1-6H3,(H,46,58)(H,48,55)(H,49,50,51,52);(H,6,7)/t29?,32?,33?,34?,37-;/m0./s1. The number of nitrogens with one attached hydrogen (secondary N) is 3. The predicted octanol–water partition coefficient (Wildman–Crippen LogP) is 6.23. The van der Waals surface area contributed by atoms with E-state index in [0.29, 0.717) is 61.0 Å². The van der Waals surface area contributed by atoms with Crippen molar-refractivity contribution >= 4 is 35.5 Å². The molecule has 0 bridgehead atoms. The summed E-state index contributed by atoms with van der Waals surface area (Å²) in [7, 11) is 4.21. The van der Waals surface area contributed by atoms with Gasteiger partial charge in [-0.2, -0.15) is 18.4 Å². The Labute approximate surface area is 381 Å². The van der Waals surface area contributed by atoms with Gasteiger partial charge in [-0.3, -0.25) is 14.4 Å². The van der Waals surface area contributed by atoms with Crippen LogP contribution in [0.3, 0.4) is 0 Å². The molecule has 66 heavy (non-hydrogen) atoms. The lowest BCUT2D eigenvalue weighted by Gasteiger charge is -2.32. The quantitative estimate of drug-likeness (QED) is 0.106. The molecule has 0 aliphatic heterocycles. The SMILES string of the molecule is Cc1nc(C(=O)NC2CCC(N(C)C)CC2)ccc1-c1ccc(C[C@H](N)C(=O)N(C(=O)C2CCC(CNC(=O)OC(C)(C)C)CC2)c2ccc(-c3nn[nH]n3)cc2)cc1.O=C(O)C(F)(F)F. The molecule has 0 saturated heterocycles. The van der Waals surface area contributed by atoms with Crippen LogP contribution < -0.4 is 21.3 Å². The number of rotatable bonds is 12. The van der Waals surface area contributed by atoms with Crippen LogP contribution in [-0.4, -0.2) is 116 Å². The Balaban J connectivity index is 0.00000108. The molecule has 2 aliphatic carbocycles. The monoisotopic (exact) mass is 920 g/mol. The van der Waals surface area contributed by atoms with Crippen LogP contribution in [0, 0.1) is 18.8 Å². The highest BCUT2D eigenvalue weighted by atomic mass is 19.4. The molecule has 0 unspecified atom stereocenters. The van der Waals surface area contributed by atoms with Crippen LogP contribution in [0.4, 0.5) is 23.7 Å². The second-order valence-electron chi connectivity index (χ2n) is 18.0. The number of carbonyl (C=O) groups excluding carboxylic acids is 4. The van der Waals surface area contributed by atoms with Gasteiger partial charge in [0, 0.05) is 41.4 Å². The van der Waals surface area contributed by atoms with E-state index in [-0.39, 0.29) is 30.2 Å². The van der Waals surface area contributed by atoms with Crippen LogP contribution in [0.25, 0.3) is 22.5 Å². The molecule has 4 amide bonds. The molecule has 6 rings (SSSR count). The maximum atomic E-state index is 14.3. The van der Waals surface area contributed by atoms with Gasteiger partial charge in [0.15, 0.2) is 0 Å². The van der Waals surface area contributed by atoms with Gasteiger partial charge >= 0.3 is 18.2 Å². The molecular weight excluding hydrogens is 862 g/mol. The number of hydrogen-bond donors (Lipinski definition) is 5. The number of H-pyrrole nitrogens is 1. The maximum Gasteiger partial charge on any atom is 0.490 e. The average molecular weight is 921 g/mol. The van der Waals surface area contributed by atoms with E-state index in [4.69, 9.17) is 20.4 Å². The number of alkyl halides is 3. The first-order chi connectivity index (χ1) is 31.1. The number of tetrazole rings is 1. The smallest absolute Gasteiger partial charge is 0.475 e. The summed E-state index contributed by atoms with van der Waals surface area (Å²) >= 11 is 0. The fraction of sp³-hybridized carbons (Fsp3) is 0.500. The van der Waals surface area contributed by atoms with E-state index in [1.807, 2.05) is 58.0 Å². The van der Waals surface area contributed by atoms with Crippen molar-refractivity contribution in [1.82, 2.24) is 41.1 Å². The van der Waals surface area contributed by atoms with Crippen molar-refractivity contribution in [1.29, 1.82) is 0 Å². The lowest BCUT2D eigenvalue weighted by atomic mass is 9.81. The molecule has 356 valence electrons. The van der Waals surface area contributed by atoms with Gasteiger partial charge in [0.1, 0.15) is 11.3 Å². The normalized spacial score (nSPS) is 19.1. The summed E-state index contributed by atoms with van der Waals surface area (Å²) in [5.74, 6) is -3.53. The van der Waals surface area contributed by atoms with Gasteiger partial charge in [0.05, 0.1) is 11.7 Å². The second-order valence-corrected chi connectivity index (χ2v) is 18.0. The molecule has 2 aromatic carbocycles. The third-order valence-electron chi connectivity index (χ3n) is 11.7. The first-order valence-electron chi connectivity index (χ1n) is 21.9. The number of aliphatic carboxylic acids is 1. The summed E-state index contributed by atoms with van der Waals surface area (Å²) < 4.78 is 37.1. The second kappa shape index (κ2) is 22.3. The van der Waals surface area contributed by atoms with Crippen LogP contribution in [0.2, 0.25) is 0 Å². The number of anilines is 1. The van der Waals surface area contributed by atoms with Crippen LogP contribution in [-0.2, 0) is 25.5 Å². The van der Waals surface area contributed by atoms with Gasteiger partial charge in [-0.25, -0.2) is 19.5 Å². The molecule has 4 aromatic rings. The Hall–Kier alpha value is -6.28. The minimum atomic E-state index is -5.08. The molecule has 6 N–H and O–H groups in total. The summed E-state index contributed by atoms with van der Waals surface area (Å²) in [6, 6.07) is 18.0. The predicted molar refractivity (Wildman–Crippen MR) is 239 cm³/mol. The number of imide groups is 1. The van der Waals surface area contributed by atoms with Crippen molar-refractivity contribution in [3.63, 3.8) is 0 Å². The summed E-state index contributed by atoms with van der Waals surface area (Å²) in [6.07, 6.45) is 1.26. The number of halogens is 3. The number of nitrogens with zero attached hydrogens (tertiary/aromatic N) is 6. The minimum absolute atomic E-state index is 0.154. The first kappa shape index (κ1) is 50.7. The molecule has 2 aromatic heterocycles. The number of hydrogen-bond acceptors (Lipinski definition) is 12. The average Bonchev–Trinajstić information content (AvgIpc) is 3.81. The number of amides is 4. The van der Waals surface area contributed by atoms with Crippen LogP contribution >= 0.6 is 0 Å².